The zero-order valence-corrected chi connectivity index (χ0v) is 12.5. The second-order valence-corrected chi connectivity index (χ2v) is 5.60. The molecule has 1 saturated carbocycles. The minimum Gasteiger partial charge on any atom is -0.628 e. The molecule has 1 N–H and O–H groups in total. The van der Waals surface area contributed by atoms with Crippen LogP contribution in [-0.2, 0) is 12.7 Å². The third-order valence-corrected chi connectivity index (χ3v) is 3.73. The second-order valence-electron chi connectivity index (χ2n) is 5.60. The monoisotopic (exact) mass is 339 g/mol. The van der Waals surface area contributed by atoms with Crippen LogP contribution < -0.4 is 10.1 Å². The molecule has 0 atom stereocenters. The molecular weight excluding hydrogens is 325 g/mol. The number of rotatable bonds is 5. The Labute approximate surface area is 135 Å². The van der Waals surface area contributed by atoms with Crippen molar-refractivity contribution in [1.82, 2.24) is 9.97 Å². The topological polar surface area (TPSA) is 79.6 Å². The van der Waals surface area contributed by atoms with E-state index in [2.05, 4.69) is 9.97 Å². The van der Waals surface area contributed by atoms with Crippen LogP contribution in [0.2, 0.25) is 0 Å². The van der Waals surface area contributed by atoms with Gasteiger partial charge in [0.25, 0.3) is 0 Å². The molecule has 2 aromatic rings. The molecule has 1 aliphatic rings. The highest BCUT2D eigenvalue weighted by atomic mass is 19.4. The van der Waals surface area contributed by atoms with Crippen molar-refractivity contribution < 1.29 is 18.4 Å². The Kier molecular flexibility index (Phi) is 4.39. The highest BCUT2D eigenvalue weighted by Gasteiger charge is 2.33. The summed E-state index contributed by atoms with van der Waals surface area (Å²) >= 11 is 0. The van der Waals surface area contributed by atoms with E-state index < -0.39 is 17.1 Å². The van der Waals surface area contributed by atoms with Gasteiger partial charge in [0.05, 0.1) is 6.20 Å². The number of halogens is 3. The van der Waals surface area contributed by atoms with Crippen LogP contribution in [0.25, 0.3) is 0 Å². The predicted molar refractivity (Wildman–Crippen MR) is 80.0 cm³/mol. The van der Waals surface area contributed by atoms with Gasteiger partial charge >= 0.3 is 6.18 Å². The van der Waals surface area contributed by atoms with Crippen LogP contribution in [0, 0.1) is 10.4 Å². The fourth-order valence-corrected chi connectivity index (χ4v) is 2.34. The summed E-state index contributed by atoms with van der Waals surface area (Å²) in [5.74, 6) is 0.572. The maximum absolute atomic E-state index is 12.6. The van der Waals surface area contributed by atoms with Gasteiger partial charge < -0.3 is 20.5 Å². The molecule has 0 amide bonds. The normalized spacial score (nSPS) is 14.9. The minimum absolute atomic E-state index is 0.0225. The molecule has 2 aromatic heterocycles. The molecule has 1 fully saturated rings. The third-order valence-electron chi connectivity index (χ3n) is 3.73. The van der Waals surface area contributed by atoms with Crippen molar-refractivity contribution in [1.29, 1.82) is 0 Å². The number of aromatic nitrogens is 2. The summed E-state index contributed by atoms with van der Waals surface area (Å²) in [4.78, 5) is 9.51. The number of anilines is 1. The summed E-state index contributed by atoms with van der Waals surface area (Å²) in [5.41, 5.74) is -0.327. The first-order chi connectivity index (χ1) is 11.3. The molecule has 0 aromatic carbocycles. The van der Waals surface area contributed by atoms with Gasteiger partial charge in [-0.1, -0.05) is 6.07 Å². The molecule has 9 heteroatoms. The lowest BCUT2D eigenvalue weighted by molar-refractivity contribution is -0.715. The summed E-state index contributed by atoms with van der Waals surface area (Å²) in [5, 5.41) is 20.2. The second kappa shape index (κ2) is 6.34. The van der Waals surface area contributed by atoms with E-state index in [1.807, 2.05) is 4.90 Å². The molecule has 0 aliphatic heterocycles. The molecule has 24 heavy (non-hydrogen) atoms. The first-order valence-electron chi connectivity index (χ1n) is 7.31. The number of quaternary nitrogens is 1. The maximum atomic E-state index is 12.6. The van der Waals surface area contributed by atoms with Crippen LogP contribution in [0.15, 0.2) is 36.7 Å². The number of nitrogens with zero attached hydrogens (tertiary/aromatic N) is 3. The standard InChI is InChI=1S/C15H14F3N4O2/c16-15(17,18)13-5-1-10(7-19-13)9-21(11-2-3-11)14-6-4-12(8-20-14)22(23)24/h1,4-8,11,22H,2-3,9H2/q-1. The molecule has 1 aliphatic carbocycles. The zero-order chi connectivity index (χ0) is 17.3. The SMILES string of the molecule is [O-][NH+]([O-])c1ccc(N(Cc2ccc(C(F)(F)F)nc2)C2CC2)nc1. The molecule has 0 saturated heterocycles. The molecule has 0 unspecified atom stereocenters. The molecule has 6 nitrogen and oxygen atoms in total. The van der Waals surface area contributed by atoms with Crippen LogP contribution in [0.3, 0.4) is 0 Å². The van der Waals surface area contributed by atoms with Gasteiger partial charge in [-0.25, -0.2) is 4.98 Å². The maximum Gasteiger partial charge on any atom is 0.433 e. The first-order valence-corrected chi connectivity index (χ1v) is 7.31. The van der Waals surface area contributed by atoms with Crippen LogP contribution in [0.1, 0.15) is 24.1 Å². The van der Waals surface area contributed by atoms with Crippen molar-refractivity contribution in [3.8, 4) is 0 Å². The van der Waals surface area contributed by atoms with Gasteiger partial charge in [-0.3, -0.25) is 4.98 Å². The highest BCUT2D eigenvalue weighted by Crippen LogP contribution is 2.32. The number of pyridine rings is 2. The van der Waals surface area contributed by atoms with Gasteiger partial charge in [0, 0.05) is 24.8 Å². The fourth-order valence-electron chi connectivity index (χ4n) is 2.34. The zero-order valence-electron chi connectivity index (χ0n) is 12.5. The Morgan fingerprint density at radius 3 is 2.29 bits per heavy atom. The van der Waals surface area contributed by atoms with Gasteiger partial charge in [-0.15, -0.1) is 0 Å². The molecule has 0 bridgehead atoms. The summed E-state index contributed by atoms with van der Waals surface area (Å²) in [6, 6.07) is 5.56. The third kappa shape index (κ3) is 3.81. The Bertz CT molecular complexity index is 685. The summed E-state index contributed by atoms with van der Waals surface area (Å²) < 4.78 is 37.7. The van der Waals surface area contributed by atoms with Crippen molar-refractivity contribution in [2.45, 2.75) is 31.6 Å². The lowest BCUT2D eigenvalue weighted by Gasteiger charge is -2.26. The molecule has 3 rings (SSSR count). The Hall–Kier alpha value is -2.23. The van der Waals surface area contributed by atoms with E-state index in [4.69, 9.17) is 0 Å². The fraction of sp³-hybridized carbons (Fsp3) is 0.333. The Morgan fingerprint density at radius 1 is 1.08 bits per heavy atom. The van der Waals surface area contributed by atoms with Crippen LogP contribution in [0.4, 0.5) is 24.7 Å². The molecule has 128 valence electrons. The lowest BCUT2D eigenvalue weighted by Crippen LogP contribution is -2.96. The summed E-state index contributed by atoms with van der Waals surface area (Å²) in [6.07, 6.45) is -0.133. The first kappa shape index (κ1) is 16.6. The van der Waals surface area contributed by atoms with Crippen molar-refractivity contribution in [2.75, 3.05) is 4.90 Å². The van der Waals surface area contributed by atoms with Crippen LogP contribution in [-0.4, -0.2) is 16.0 Å². The highest BCUT2D eigenvalue weighted by molar-refractivity contribution is 5.45. The number of hydrogen-bond donors (Lipinski definition) is 1. The number of nitrogens with one attached hydrogen (secondary N) is 1. The number of alkyl halides is 3. The van der Waals surface area contributed by atoms with Gasteiger partial charge in [-0.05, 0) is 30.5 Å². The van der Waals surface area contributed by atoms with E-state index in [1.165, 1.54) is 24.5 Å². The Balaban J connectivity index is 1.77. The van der Waals surface area contributed by atoms with Crippen molar-refractivity contribution >= 4 is 11.5 Å². The molecule has 2 heterocycles. The lowest BCUT2D eigenvalue weighted by atomic mass is 10.2. The minimum atomic E-state index is -4.46. The van der Waals surface area contributed by atoms with Gasteiger partial charge in [-0.2, -0.15) is 13.2 Å². The van der Waals surface area contributed by atoms with Crippen molar-refractivity contribution in [3.05, 3.63) is 58.3 Å². The quantitative estimate of drug-likeness (QED) is 0.845. The van der Waals surface area contributed by atoms with Crippen molar-refractivity contribution in [2.24, 2.45) is 0 Å². The van der Waals surface area contributed by atoms with E-state index in [9.17, 15) is 23.6 Å². The molecule has 0 radical (unpaired) electrons. The average molecular weight is 339 g/mol. The molecule has 0 spiro atoms. The average Bonchev–Trinajstić information content (AvgIpc) is 3.37. The predicted octanol–water partition coefficient (Wildman–Crippen LogP) is 2.18. The largest absolute Gasteiger partial charge is 0.628 e. The Morgan fingerprint density at radius 2 is 1.83 bits per heavy atom. The van der Waals surface area contributed by atoms with E-state index in [-0.39, 0.29) is 11.7 Å². The van der Waals surface area contributed by atoms with E-state index in [0.29, 0.717) is 17.9 Å². The van der Waals surface area contributed by atoms with Crippen LogP contribution >= 0.6 is 0 Å². The van der Waals surface area contributed by atoms with Crippen LogP contribution in [0.5, 0.6) is 0 Å². The smallest absolute Gasteiger partial charge is 0.433 e. The van der Waals surface area contributed by atoms with Gasteiger partial charge in [0.2, 0.25) is 0 Å². The van der Waals surface area contributed by atoms with E-state index in [1.54, 1.807) is 6.07 Å². The van der Waals surface area contributed by atoms with E-state index >= 15 is 0 Å². The molecular formula is C15H14F3N4O2-. The summed E-state index contributed by atoms with van der Waals surface area (Å²) in [7, 11) is 0. The number of hydrogen-bond acceptors (Lipinski definition) is 5. The van der Waals surface area contributed by atoms with Gasteiger partial charge in [0.1, 0.15) is 17.2 Å². The van der Waals surface area contributed by atoms with E-state index in [0.717, 1.165) is 18.9 Å². The van der Waals surface area contributed by atoms with Crippen molar-refractivity contribution in [3.63, 3.8) is 0 Å². The summed E-state index contributed by atoms with van der Waals surface area (Å²) in [6.45, 7) is 0.355. The van der Waals surface area contributed by atoms with Gasteiger partial charge in [0.15, 0.2) is 0 Å².